The molecular weight excluding hydrogens is 378 g/mol. The maximum atomic E-state index is 8.96. The van der Waals surface area contributed by atoms with Gasteiger partial charge >= 0.3 is 0 Å². The number of ether oxygens (including phenoxy) is 1. The first kappa shape index (κ1) is 24.3. The average molecular weight is 424 g/mol. The standard InChI is InChI=1S/C29H45NO/c1-2-3-4-5-6-8-24-10-12-25(13-11-24)9-7-22-31-29-20-18-28(19-21-29)27-16-14-26(23-30)15-17-27/h14-17,24-25,28-29H,2-13,18-22H2,1H3/t24-,25-,28-,29-. The Hall–Kier alpha value is -1.33. The lowest BCUT2D eigenvalue weighted by molar-refractivity contribution is 0.0204. The molecule has 0 N–H and O–H groups in total. The van der Waals surface area contributed by atoms with Gasteiger partial charge in [0.05, 0.1) is 17.7 Å². The summed E-state index contributed by atoms with van der Waals surface area (Å²) in [5, 5.41) is 8.96. The van der Waals surface area contributed by atoms with Crippen molar-refractivity contribution in [2.24, 2.45) is 11.8 Å². The SMILES string of the molecule is CCCCCCC[C@H]1CC[C@H](CCCO[C@H]2CC[C@H](c3ccc(C#N)cc3)CC2)CC1. The van der Waals surface area contributed by atoms with E-state index in [1.54, 1.807) is 0 Å². The van der Waals surface area contributed by atoms with E-state index in [9.17, 15) is 0 Å². The molecule has 2 nitrogen and oxygen atoms in total. The second-order valence-corrected chi connectivity index (χ2v) is 10.3. The Morgan fingerprint density at radius 3 is 2.00 bits per heavy atom. The Kier molecular flexibility index (Phi) is 10.9. The molecule has 0 aliphatic heterocycles. The van der Waals surface area contributed by atoms with Crippen LogP contribution in [0.15, 0.2) is 24.3 Å². The van der Waals surface area contributed by atoms with Gasteiger partial charge < -0.3 is 4.74 Å². The van der Waals surface area contributed by atoms with Gasteiger partial charge in [-0.25, -0.2) is 0 Å². The molecule has 2 heteroatoms. The Labute approximate surface area is 191 Å². The number of hydrogen-bond donors (Lipinski definition) is 0. The van der Waals surface area contributed by atoms with Crippen LogP contribution in [-0.4, -0.2) is 12.7 Å². The molecule has 0 amide bonds. The lowest BCUT2D eigenvalue weighted by Crippen LogP contribution is -2.21. The molecule has 2 aliphatic rings. The molecule has 2 saturated carbocycles. The number of hydrogen-bond acceptors (Lipinski definition) is 2. The van der Waals surface area contributed by atoms with Crippen LogP contribution in [0.25, 0.3) is 0 Å². The molecule has 1 aromatic rings. The Morgan fingerprint density at radius 1 is 0.774 bits per heavy atom. The molecule has 0 atom stereocenters. The van der Waals surface area contributed by atoms with E-state index < -0.39 is 0 Å². The van der Waals surface area contributed by atoms with Crippen LogP contribution in [-0.2, 0) is 4.74 Å². The van der Waals surface area contributed by atoms with Crippen molar-refractivity contribution in [3.63, 3.8) is 0 Å². The fourth-order valence-electron chi connectivity index (χ4n) is 5.86. The molecule has 3 rings (SSSR count). The molecule has 172 valence electrons. The molecule has 0 saturated heterocycles. The minimum atomic E-state index is 0.470. The first-order valence-electron chi connectivity index (χ1n) is 13.4. The fraction of sp³-hybridized carbons (Fsp3) is 0.759. The second kappa shape index (κ2) is 13.9. The summed E-state index contributed by atoms with van der Waals surface area (Å²) in [4.78, 5) is 0. The highest BCUT2D eigenvalue weighted by molar-refractivity contribution is 5.33. The molecule has 0 bridgehead atoms. The molecule has 1 aromatic carbocycles. The van der Waals surface area contributed by atoms with Crippen LogP contribution in [0.2, 0.25) is 0 Å². The van der Waals surface area contributed by atoms with E-state index >= 15 is 0 Å². The quantitative estimate of drug-likeness (QED) is 0.315. The number of nitrogens with zero attached hydrogens (tertiary/aromatic N) is 1. The van der Waals surface area contributed by atoms with Crippen molar-refractivity contribution in [3.8, 4) is 6.07 Å². The second-order valence-electron chi connectivity index (χ2n) is 10.3. The number of rotatable bonds is 12. The van der Waals surface area contributed by atoms with Gasteiger partial charge in [-0.1, -0.05) is 83.3 Å². The third-order valence-electron chi connectivity index (χ3n) is 7.98. The van der Waals surface area contributed by atoms with Gasteiger partial charge in [-0.05, 0) is 74.0 Å². The van der Waals surface area contributed by atoms with Gasteiger partial charge in [-0.3, -0.25) is 0 Å². The van der Waals surface area contributed by atoms with E-state index in [0.717, 1.165) is 24.0 Å². The smallest absolute Gasteiger partial charge is 0.0991 e. The molecule has 0 aromatic heterocycles. The monoisotopic (exact) mass is 423 g/mol. The van der Waals surface area contributed by atoms with Gasteiger partial charge in [0.1, 0.15) is 0 Å². The molecule has 2 aliphatic carbocycles. The highest BCUT2D eigenvalue weighted by Crippen LogP contribution is 2.36. The summed E-state index contributed by atoms with van der Waals surface area (Å²) in [6.07, 6.45) is 22.5. The summed E-state index contributed by atoms with van der Waals surface area (Å²) in [6, 6.07) is 10.4. The summed E-state index contributed by atoms with van der Waals surface area (Å²) in [7, 11) is 0. The Balaban J connectivity index is 1.20. The number of unbranched alkanes of at least 4 members (excludes halogenated alkanes) is 4. The van der Waals surface area contributed by atoms with Crippen LogP contribution in [0.3, 0.4) is 0 Å². The van der Waals surface area contributed by atoms with Crippen LogP contribution in [0.5, 0.6) is 0 Å². The van der Waals surface area contributed by atoms with E-state index in [4.69, 9.17) is 10.00 Å². The zero-order chi connectivity index (χ0) is 21.7. The zero-order valence-corrected chi connectivity index (χ0v) is 20.0. The van der Waals surface area contributed by atoms with Crippen molar-refractivity contribution in [2.75, 3.05) is 6.61 Å². The van der Waals surface area contributed by atoms with Crippen molar-refractivity contribution < 1.29 is 4.74 Å². The van der Waals surface area contributed by atoms with Crippen LogP contribution in [0, 0.1) is 23.2 Å². The predicted molar refractivity (Wildman–Crippen MR) is 130 cm³/mol. The summed E-state index contributed by atoms with van der Waals surface area (Å²) in [6.45, 7) is 3.26. The maximum absolute atomic E-state index is 8.96. The van der Waals surface area contributed by atoms with Crippen LogP contribution in [0.4, 0.5) is 0 Å². The summed E-state index contributed by atoms with van der Waals surface area (Å²) >= 11 is 0. The minimum Gasteiger partial charge on any atom is -0.378 e. The molecule has 31 heavy (non-hydrogen) atoms. The minimum absolute atomic E-state index is 0.470. The highest BCUT2D eigenvalue weighted by Gasteiger charge is 2.23. The van der Waals surface area contributed by atoms with Gasteiger partial charge in [-0.2, -0.15) is 5.26 Å². The summed E-state index contributed by atoms with van der Waals surface area (Å²) < 4.78 is 6.26. The first-order valence-corrected chi connectivity index (χ1v) is 13.4. The number of nitriles is 1. The Morgan fingerprint density at radius 2 is 1.39 bits per heavy atom. The lowest BCUT2D eigenvalue weighted by atomic mass is 9.78. The van der Waals surface area contributed by atoms with Crippen molar-refractivity contribution in [2.45, 2.75) is 122 Å². The van der Waals surface area contributed by atoms with Gasteiger partial charge in [-0.15, -0.1) is 0 Å². The van der Waals surface area contributed by atoms with Crippen LogP contribution < -0.4 is 0 Å². The van der Waals surface area contributed by atoms with Gasteiger partial charge in [0, 0.05) is 6.61 Å². The summed E-state index contributed by atoms with van der Waals surface area (Å²) in [5.74, 6) is 2.64. The molecule has 0 heterocycles. The van der Waals surface area contributed by atoms with Gasteiger partial charge in [0.15, 0.2) is 0 Å². The van der Waals surface area contributed by atoms with E-state index in [1.165, 1.54) is 108 Å². The molecular formula is C29H45NO. The van der Waals surface area contributed by atoms with E-state index in [2.05, 4.69) is 25.1 Å². The highest BCUT2D eigenvalue weighted by atomic mass is 16.5. The van der Waals surface area contributed by atoms with Crippen molar-refractivity contribution in [1.29, 1.82) is 5.26 Å². The summed E-state index contributed by atoms with van der Waals surface area (Å²) in [5.41, 5.74) is 2.16. The third kappa shape index (κ3) is 8.61. The molecule has 0 unspecified atom stereocenters. The Bertz CT molecular complexity index is 630. The van der Waals surface area contributed by atoms with Crippen LogP contribution >= 0.6 is 0 Å². The van der Waals surface area contributed by atoms with E-state index in [1.807, 2.05) is 12.1 Å². The topological polar surface area (TPSA) is 33.0 Å². The maximum Gasteiger partial charge on any atom is 0.0991 e. The van der Waals surface area contributed by atoms with E-state index in [-0.39, 0.29) is 0 Å². The largest absolute Gasteiger partial charge is 0.378 e. The molecule has 2 fully saturated rings. The van der Waals surface area contributed by atoms with Crippen molar-refractivity contribution >= 4 is 0 Å². The molecule has 0 spiro atoms. The predicted octanol–water partition coefficient (Wildman–Crippen LogP) is 8.55. The van der Waals surface area contributed by atoms with Gasteiger partial charge in [0.2, 0.25) is 0 Å². The number of benzene rings is 1. The molecule has 0 radical (unpaired) electrons. The fourth-order valence-corrected chi connectivity index (χ4v) is 5.86. The normalized spacial score (nSPS) is 26.5. The van der Waals surface area contributed by atoms with Crippen LogP contribution in [0.1, 0.15) is 127 Å². The zero-order valence-electron chi connectivity index (χ0n) is 20.0. The van der Waals surface area contributed by atoms with Crippen molar-refractivity contribution in [1.82, 2.24) is 0 Å². The average Bonchev–Trinajstić information content (AvgIpc) is 2.83. The first-order chi connectivity index (χ1) is 15.3. The third-order valence-corrected chi connectivity index (χ3v) is 7.98. The van der Waals surface area contributed by atoms with E-state index in [0.29, 0.717) is 12.0 Å². The van der Waals surface area contributed by atoms with Crippen molar-refractivity contribution in [3.05, 3.63) is 35.4 Å². The van der Waals surface area contributed by atoms with Gasteiger partial charge in [0.25, 0.3) is 0 Å². The lowest BCUT2D eigenvalue weighted by Gasteiger charge is -2.30.